The highest BCUT2D eigenvalue weighted by Gasteiger charge is 2.15. The average molecular weight is 513 g/mol. The number of fused-ring (bicyclic) bond motifs is 2. The second-order valence-corrected chi connectivity index (χ2v) is 9.30. The molecule has 0 heterocycles. The van der Waals surface area contributed by atoms with Crippen LogP contribution >= 0.6 is 0 Å². The highest BCUT2D eigenvalue weighted by atomic mass is 16.2. The molecule has 0 saturated carbocycles. The van der Waals surface area contributed by atoms with Gasteiger partial charge < -0.3 is 10.2 Å². The second-order valence-electron chi connectivity index (χ2n) is 9.30. The topological polar surface area (TPSA) is 73.8 Å². The van der Waals surface area contributed by atoms with Crippen molar-refractivity contribution >= 4 is 51.3 Å². The van der Waals surface area contributed by atoms with E-state index in [0.717, 1.165) is 38.4 Å². The highest BCUT2D eigenvalue weighted by molar-refractivity contribution is 6.13. The van der Waals surface area contributed by atoms with Crippen LogP contribution in [0.25, 0.3) is 27.6 Å². The summed E-state index contributed by atoms with van der Waals surface area (Å²) in [6.45, 7) is 0. The molecule has 39 heavy (non-hydrogen) atoms. The number of hydrogen-bond acceptors (Lipinski definition) is 4. The predicted octanol–water partition coefficient (Wildman–Crippen LogP) is 5.98. The van der Waals surface area contributed by atoms with Crippen LogP contribution in [0.5, 0.6) is 0 Å². The van der Waals surface area contributed by atoms with Crippen LogP contribution in [0.1, 0.15) is 21.5 Å². The van der Waals surface area contributed by atoms with Gasteiger partial charge in [0.05, 0.1) is 6.21 Å². The molecule has 0 aromatic heterocycles. The Hall–Kier alpha value is -5.23. The Morgan fingerprint density at radius 2 is 1.33 bits per heavy atom. The van der Waals surface area contributed by atoms with Crippen LogP contribution in [0.15, 0.2) is 120 Å². The molecule has 5 rings (SSSR count). The first-order chi connectivity index (χ1) is 19.0. The van der Waals surface area contributed by atoms with Crippen molar-refractivity contribution < 1.29 is 9.59 Å². The lowest BCUT2D eigenvalue weighted by Crippen LogP contribution is -2.32. The Labute approximate surface area is 227 Å². The molecule has 0 aliphatic carbocycles. The van der Waals surface area contributed by atoms with Gasteiger partial charge >= 0.3 is 0 Å². The Morgan fingerprint density at radius 3 is 1.95 bits per heavy atom. The molecule has 6 nitrogen and oxygen atoms in total. The molecule has 0 saturated heterocycles. The molecule has 0 bridgehead atoms. The van der Waals surface area contributed by atoms with E-state index in [0.29, 0.717) is 5.56 Å². The van der Waals surface area contributed by atoms with Crippen LogP contribution in [0.4, 0.5) is 5.69 Å². The summed E-state index contributed by atoms with van der Waals surface area (Å²) in [4.78, 5) is 28.2. The average Bonchev–Trinajstić information content (AvgIpc) is 2.97. The molecule has 0 spiro atoms. The van der Waals surface area contributed by atoms with Gasteiger partial charge in [-0.3, -0.25) is 9.59 Å². The first kappa shape index (κ1) is 25.4. The van der Waals surface area contributed by atoms with E-state index in [9.17, 15) is 9.59 Å². The Morgan fingerprint density at radius 1 is 0.744 bits per heavy atom. The lowest BCUT2D eigenvalue weighted by atomic mass is 9.97. The fourth-order valence-corrected chi connectivity index (χ4v) is 4.38. The van der Waals surface area contributed by atoms with E-state index in [1.54, 1.807) is 36.6 Å². The van der Waals surface area contributed by atoms with Gasteiger partial charge in [0.25, 0.3) is 11.8 Å². The van der Waals surface area contributed by atoms with Gasteiger partial charge in [0.15, 0.2) is 0 Å². The van der Waals surface area contributed by atoms with Gasteiger partial charge in [0.1, 0.15) is 5.70 Å². The minimum Gasteiger partial charge on any atom is -0.378 e. The lowest BCUT2D eigenvalue weighted by Gasteiger charge is -2.13. The van der Waals surface area contributed by atoms with Crippen LogP contribution in [-0.2, 0) is 4.79 Å². The zero-order valence-corrected chi connectivity index (χ0v) is 21.8. The van der Waals surface area contributed by atoms with E-state index in [-0.39, 0.29) is 11.6 Å². The molecule has 2 N–H and O–H groups in total. The van der Waals surface area contributed by atoms with Crippen LogP contribution < -0.4 is 15.6 Å². The number of nitrogens with zero attached hydrogens (tertiary/aromatic N) is 2. The Kier molecular flexibility index (Phi) is 7.46. The van der Waals surface area contributed by atoms with Crippen LogP contribution in [0.3, 0.4) is 0 Å². The number of carbonyl (C=O) groups is 2. The maximum atomic E-state index is 13.3. The monoisotopic (exact) mass is 512 g/mol. The molecule has 0 unspecified atom stereocenters. The van der Waals surface area contributed by atoms with Crippen molar-refractivity contribution in [3.05, 3.63) is 132 Å². The van der Waals surface area contributed by atoms with Crippen molar-refractivity contribution in [2.24, 2.45) is 5.10 Å². The van der Waals surface area contributed by atoms with Gasteiger partial charge in [-0.2, -0.15) is 5.10 Å². The number of carbonyl (C=O) groups excluding carboxylic acids is 2. The number of anilines is 1. The molecule has 5 aromatic carbocycles. The molecule has 192 valence electrons. The van der Waals surface area contributed by atoms with Gasteiger partial charge in [-0.05, 0) is 63.5 Å². The number of amides is 2. The van der Waals surface area contributed by atoms with Crippen LogP contribution in [-0.4, -0.2) is 32.1 Å². The summed E-state index contributed by atoms with van der Waals surface area (Å²) in [6, 6.07) is 34.7. The zero-order valence-electron chi connectivity index (χ0n) is 21.8. The van der Waals surface area contributed by atoms with Crippen molar-refractivity contribution in [2.75, 3.05) is 19.0 Å². The van der Waals surface area contributed by atoms with E-state index in [2.05, 4.69) is 34.0 Å². The van der Waals surface area contributed by atoms with Crippen molar-refractivity contribution in [3.8, 4) is 0 Å². The smallest absolute Gasteiger partial charge is 0.287 e. The first-order valence-corrected chi connectivity index (χ1v) is 12.6. The third kappa shape index (κ3) is 5.86. The molecule has 5 aromatic rings. The van der Waals surface area contributed by atoms with Crippen molar-refractivity contribution in [3.63, 3.8) is 0 Å². The van der Waals surface area contributed by atoms with Gasteiger partial charge in [0, 0.05) is 30.9 Å². The maximum absolute atomic E-state index is 13.3. The fraction of sp³-hybridized carbons (Fsp3) is 0.0606. The van der Waals surface area contributed by atoms with Gasteiger partial charge in [-0.15, -0.1) is 0 Å². The number of nitrogens with one attached hydrogen (secondary N) is 2. The quantitative estimate of drug-likeness (QED) is 0.122. The number of hydrazone groups is 1. The third-order valence-electron chi connectivity index (χ3n) is 6.42. The molecule has 2 amide bonds. The van der Waals surface area contributed by atoms with Gasteiger partial charge in [-0.25, -0.2) is 5.43 Å². The van der Waals surface area contributed by atoms with Crippen LogP contribution in [0.2, 0.25) is 0 Å². The summed E-state index contributed by atoms with van der Waals surface area (Å²) < 4.78 is 0. The van der Waals surface area contributed by atoms with Crippen molar-refractivity contribution in [1.29, 1.82) is 0 Å². The molecule has 0 aliphatic heterocycles. The standard InChI is InChI=1S/C33H28N4O2/c1-37(2)27-18-16-23(17-19-27)20-31(35-32(38)24-10-4-3-5-11-24)33(39)36-34-22-30-28-14-8-6-12-25(28)21-26-13-7-9-15-29(26)30/h3-22H,1-2H3,(H,35,38)(H,36,39). The van der Waals surface area contributed by atoms with Crippen LogP contribution in [0, 0.1) is 0 Å². The predicted molar refractivity (Wildman–Crippen MR) is 160 cm³/mol. The first-order valence-electron chi connectivity index (χ1n) is 12.6. The number of hydrogen-bond donors (Lipinski definition) is 2. The zero-order chi connectivity index (χ0) is 27.2. The maximum Gasteiger partial charge on any atom is 0.287 e. The second kappa shape index (κ2) is 11.4. The largest absolute Gasteiger partial charge is 0.378 e. The minimum atomic E-state index is -0.531. The van der Waals surface area contributed by atoms with E-state index >= 15 is 0 Å². The minimum absolute atomic E-state index is 0.0846. The Bertz CT molecular complexity index is 1650. The van der Waals surface area contributed by atoms with Crippen molar-refractivity contribution in [1.82, 2.24) is 10.7 Å². The summed E-state index contributed by atoms with van der Waals surface area (Å²) in [5, 5.41) is 11.3. The number of rotatable bonds is 7. The van der Waals surface area contributed by atoms with E-state index in [1.807, 2.05) is 85.7 Å². The Balaban J connectivity index is 1.45. The molecule has 0 aliphatic rings. The highest BCUT2D eigenvalue weighted by Crippen LogP contribution is 2.27. The molecule has 0 radical (unpaired) electrons. The van der Waals surface area contributed by atoms with E-state index in [4.69, 9.17) is 0 Å². The molecule has 0 fully saturated rings. The van der Waals surface area contributed by atoms with Gasteiger partial charge in [-0.1, -0.05) is 78.9 Å². The normalized spacial score (nSPS) is 11.6. The lowest BCUT2D eigenvalue weighted by molar-refractivity contribution is -0.117. The summed E-state index contributed by atoms with van der Waals surface area (Å²) in [5.74, 6) is -0.914. The molecular formula is C33H28N4O2. The molecule has 0 atom stereocenters. The molecule has 6 heteroatoms. The van der Waals surface area contributed by atoms with E-state index < -0.39 is 5.91 Å². The summed E-state index contributed by atoms with van der Waals surface area (Å²) >= 11 is 0. The summed E-state index contributed by atoms with van der Waals surface area (Å²) in [7, 11) is 3.92. The third-order valence-corrected chi connectivity index (χ3v) is 6.42. The van der Waals surface area contributed by atoms with Crippen molar-refractivity contribution in [2.45, 2.75) is 0 Å². The molecular weight excluding hydrogens is 484 g/mol. The van der Waals surface area contributed by atoms with E-state index in [1.165, 1.54) is 0 Å². The SMILES string of the molecule is CN(C)c1ccc(C=C(NC(=O)c2ccccc2)C(=O)NN=Cc2c3ccccc3cc3ccccc23)cc1. The number of benzene rings is 5. The summed E-state index contributed by atoms with van der Waals surface area (Å²) in [5.41, 5.74) is 5.84. The van der Waals surface area contributed by atoms with Gasteiger partial charge in [0.2, 0.25) is 0 Å². The summed E-state index contributed by atoms with van der Waals surface area (Å²) in [6.07, 6.45) is 3.30. The fourth-order valence-electron chi connectivity index (χ4n) is 4.38.